The van der Waals surface area contributed by atoms with E-state index in [1.54, 1.807) is 38.3 Å². The summed E-state index contributed by atoms with van der Waals surface area (Å²) in [4.78, 5) is 24.7. The molecule has 3 aromatic rings. The zero-order chi connectivity index (χ0) is 21.8. The number of rotatable bonds is 7. The molecule has 0 bridgehead atoms. The number of ether oxygens (including phenoxy) is 3. The van der Waals surface area contributed by atoms with E-state index in [0.717, 1.165) is 11.2 Å². The first kappa shape index (κ1) is 21.7. The summed E-state index contributed by atoms with van der Waals surface area (Å²) in [7, 11) is 1.55. The van der Waals surface area contributed by atoms with Crippen LogP contribution in [0.3, 0.4) is 0 Å². The SMILES string of the molecule is CCCC(=O)Oc1ccc2c(c1)c(C(=O)OCC)c(C)n2-c1ccc(OC)c(Cl)c1. The summed E-state index contributed by atoms with van der Waals surface area (Å²) in [5.74, 6) is 0.199. The number of carbonyl (C=O) groups excluding carboxylic acids is 2. The average molecular weight is 430 g/mol. The number of carbonyl (C=O) groups is 2. The van der Waals surface area contributed by atoms with Gasteiger partial charge in [-0.25, -0.2) is 4.79 Å². The van der Waals surface area contributed by atoms with Crippen molar-refractivity contribution in [1.82, 2.24) is 4.57 Å². The van der Waals surface area contributed by atoms with Crippen molar-refractivity contribution in [2.45, 2.75) is 33.6 Å². The maximum absolute atomic E-state index is 12.7. The number of nitrogens with zero attached hydrogens (tertiary/aromatic N) is 1. The molecule has 0 N–H and O–H groups in total. The van der Waals surface area contributed by atoms with Gasteiger partial charge in [0.05, 0.1) is 29.8 Å². The zero-order valence-electron chi connectivity index (χ0n) is 17.5. The van der Waals surface area contributed by atoms with Crippen LogP contribution in [0.2, 0.25) is 5.02 Å². The summed E-state index contributed by atoms with van der Waals surface area (Å²) < 4.78 is 17.9. The predicted molar refractivity (Wildman–Crippen MR) is 116 cm³/mol. The Hall–Kier alpha value is -2.99. The largest absolute Gasteiger partial charge is 0.495 e. The first-order chi connectivity index (χ1) is 14.4. The lowest BCUT2D eigenvalue weighted by Gasteiger charge is -2.11. The second kappa shape index (κ2) is 9.22. The lowest BCUT2D eigenvalue weighted by atomic mass is 10.1. The molecule has 1 aromatic heterocycles. The number of hydrogen-bond acceptors (Lipinski definition) is 5. The van der Waals surface area contributed by atoms with Crippen molar-refractivity contribution in [1.29, 1.82) is 0 Å². The minimum atomic E-state index is -0.435. The second-order valence-corrected chi connectivity index (χ2v) is 7.15. The first-order valence-electron chi connectivity index (χ1n) is 9.78. The number of esters is 2. The zero-order valence-corrected chi connectivity index (χ0v) is 18.2. The highest BCUT2D eigenvalue weighted by Crippen LogP contribution is 2.35. The summed E-state index contributed by atoms with van der Waals surface area (Å²) in [6.07, 6.45) is 1.02. The minimum absolute atomic E-state index is 0.254. The number of fused-ring (bicyclic) bond motifs is 1. The third kappa shape index (κ3) is 4.14. The van der Waals surface area contributed by atoms with Gasteiger partial charge in [0.2, 0.25) is 0 Å². The standard InChI is InChI=1S/C23H24ClNO5/c1-5-7-21(26)30-16-9-10-19-17(13-16)22(23(27)29-6-2)14(3)25(19)15-8-11-20(28-4)18(24)12-15/h8-13H,5-7H2,1-4H3. The molecule has 30 heavy (non-hydrogen) atoms. The van der Waals surface area contributed by atoms with Crippen molar-refractivity contribution < 1.29 is 23.8 Å². The van der Waals surface area contributed by atoms with E-state index in [4.69, 9.17) is 25.8 Å². The van der Waals surface area contributed by atoms with E-state index < -0.39 is 5.97 Å². The average Bonchev–Trinajstić information content (AvgIpc) is 2.99. The quantitative estimate of drug-likeness (QED) is 0.367. The van der Waals surface area contributed by atoms with Crippen LogP contribution in [0, 0.1) is 6.92 Å². The Morgan fingerprint density at radius 3 is 2.50 bits per heavy atom. The van der Waals surface area contributed by atoms with Gasteiger partial charge in [-0.15, -0.1) is 0 Å². The van der Waals surface area contributed by atoms with E-state index in [0.29, 0.717) is 46.0 Å². The fourth-order valence-electron chi connectivity index (χ4n) is 3.44. The first-order valence-corrected chi connectivity index (χ1v) is 10.2. The highest BCUT2D eigenvalue weighted by Gasteiger charge is 2.23. The number of hydrogen-bond donors (Lipinski definition) is 0. The Morgan fingerprint density at radius 1 is 1.10 bits per heavy atom. The summed E-state index contributed by atoms with van der Waals surface area (Å²) in [6.45, 7) is 5.76. The Morgan fingerprint density at radius 2 is 1.87 bits per heavy atom. The van der Waals surface area contributed by atoms with Crippen molar-refractivity contribution >= 4 is 34.4 Å². The Bertz CT molecular complexity index is 1100. The summed E-state index contributed by atoms with van der Waals surface area (Å²) in [5.41, 5.74) is 2.66. The Kier molecular flexibility index (Phi) is 6.67. The molecule has 0 fully saturated rings. The van der Waals surface area contributed by atoms with Crippen LogP contribution in [0.1, 0.15) is 42.7 Å². The molecule has 7 heteroatoms. The lowest BCUT2D eigenvalue weighted by Crippen LogP contribution is -2.07. The van der Waals surface area contributed by atoms with Gasteiger partial charge in [0.25, 0.3) is 0 Å². The molecule has 0 aliphatic heterocycles. The molecular weight excluding hydrogens is 406 g/mol. The van der Waals surface area contributed by atoms with Crippen LogP contribution in [0.25, 0.3) is 16.6 Å². The molecule has 0 radical (unpaired) electrons. The number of halogens is 1. The fourth-order valence-corrected chi connectivity index (χ4v) is 3.69. The smallest absolute Gasteiger partial charge is 0.340 e. The number of methoxy groups -OCH3 is 1. The van der Waals surface area contributed by atoms with Crippen LogP contribution in [-0.4, -0.2) is 30.2 Å². The molecule has 0 atom stereocenters. The van der Waals surface area contributed by atoms with E-state index in [9.17, 15) is 9.59 Å². The molecule has 0 aliphatic carbocycles. The molecule has 0 aliphatic rings. The lowest BCUT2D eigenvalue weighted by molar-refractivity contribution is -0.134. The number of aromatic nitrogens is 1. The van der Waals surface area contributed by atoms with Crippen molar-refractivity contribution in [3.05, 3.63) is 52.7 Å². The van der Waals surface area contributed by atoms with Gasteiger partial charge in [0, 0.05) is 23.2 Å². The summed E-state index contributed by atoms with van der Waals surface area (Å²) in [6, 6.07) is 10.6. The van der Waals surface area contributed by atoms with E-state index in [1.807, 2.05) is 30.5 Å². The van der Waals surface area contributed by atoms with Gasteiger partial charge in [0.1, 0.15) is 11.5 Å². The predicted octanol–water partition coefficient (Wildman–Crippen LogP) is 5.48. The van der Waals surface area contributed by atoms with Crippen molar-refractivity contribution in [2.24, 2.45) is 0 Å². The maximum Gasteiger partial charge on any atom is 0.340 e. The van der Waals surface area contributed by atoms with Crippen LogP contribution in [0.5, 0.6) is 11.5 Å². The Labute approximate surface area is 180 Å². The van der Waals surface area contributed by atoms with E-state index in [1.165, 1.54) is 0 Å². The highest BCUT2D eigenvalue weighted by molar-refractivity contribution is 6.32. The molecule has 2 aromatic carbocycles. The third-order valence-electron chi connectivity index (χ3n) is 4.73. The summed E-state index contributed by atoms with van der Waals surface area (Å²) >= 11 is 6.33. The molecule has 6 nitrogen and oxygen atoms in total. The minimum Gasteiger partial charge on any atom is -0.495 e. The Balaban J connectivity index is 2.20. The van der Waals surface area contributed by atoms with Gasteiger partial charge in [0.15, 0.2) is 0 Å². The second-order valence-electron chi connectivity index (χ2n) is 6.74. The molecule has 1 heterocycles. The van der Waals surface area contributed by atoms with Gasteiger partial charge < -0.3 is 18.8 Å². The molecule has 0 saturated heterocycles. The third-order valence-corrected chi connectivity index (χ3v) is 5.03. The van der Waals surface area contributed by atoms with Crippen molar-refractivity contribution in [3.8, 4) is 17.2 Å². The molecule has 0 spiro atoms. The molecule has 0 amide bonds. The normalized spacial score (nSPS) is 10.8. The fraction of sp³-hybridized carbons (Fsp3) is 0.304. The number of benzene rings is 2. The summed E-state index contributed by atoms with van der Waals surface area (Å²) in [5, 5.41) is 1.10. The van der Waals surface area contributed by atoms with Crippen LogP contribution < -0.4 is 9.47 Å². The van der Waals surface area contributed by atoms with E-state index in [2.05, 4.69) is 0 Å². The van der Waals surface area contributed by atoms with Gasteiger partial charge in [-0.2, -0.15) is 0 Å². The van der Waals surface area contributed by atoms with Gasteiger partial charge in [-0.1, -0.05) is 18.5 Å². The molecule has 3 rings (SSSR count). The molecule has 0 saturated carbocycles. The topological polar surface area (TPSA) is 66.8 Å². The molecule has 0 unspecified atom stereocenters. The molecule has 158 valence electrons. The van der Waals surface area contributed by atoms with E-state index in [-0.39, 0.29) is 12.6 Å². The van der Waals surface area contributed by atoms with Crippen LogP contribution in [0.4, 0.5) is 0 Å². The van der Waals surface area contributed by atoms with E-state index >= 15 is 0 Å². The van der Waals surface area contributed by atoms with Crippen LogP contribution in [-0.2, 0) is 9.53 Å². The van der Waals surface area contributed by atoms with Crippen LogP contribution in [0.15, 0.2) is 36.4 Å². The van der Waals surface area contributed by atoms with Crippen molar-refractivity contribution in [2.75, 3.05) is 13.7 Å². The maximum atomic E-state index is 12.7. The molecular formula is C23H24ClNO5. The monoisotopic (exact) mass is 429 g/mol. The van der Waals surface area contributed by atoms with Crippen molar-refractivity contribution in [3.63, 3.8) is 0 Å². The van der Waals surface area contributed by atoms with Gasteiger partial charge in [-0.3, -0.25) is 4.79 Å². The van der Waals surface area contributed by atoms with Crippen LogP contribution >= 0.6 is 11.6 Å². The van der Waals surface area contributed by atoms with Gasteiger partial charge in [-0.05, 0) is 56.7 Å². The highest BCUT2D eigenvalue weighted by atomic mass is 35.5. The van der Waals surface area contributed by atoms with Gasteiger partial charge >= 0.3 is 11.9 Å².